The van der Waals surface area contributed by atoms with Gasteiger partial charge in [-0.25, -0.2) is 36.0 Å². The summed E-state index contributed by atoms with van der Waals surface area (Å²) in [6, 6.07) is 38.9. The van der Waals surface area contributed by atoms with Gasteiger partial charge in [-0.05, 0) is 86.4 Å². The molecule has 4 aliphatic rings. The Balaban J connectivity index is 0.000000192. The number of ether oxygens (including phenoxy) is 3. The second-order valence-electron chi connectivity index (χ2n) is 19.8. The van der Waals surface area contributed by atoms with Gasteiger partial charge in [-0.15, -0.1) is 0 Å². The normalized spacial score (nSPS) is 21.6. The number of rotatable bonds is 14. The monoisotopic (exact) mass is 1100 g/mol. The zero-order chi connectivity index (χ0) is 56.6. The van der Waals surface area contributed by atoms with E-state index < -0.39 is 99.9 Å². The van der Waals surface area contributed by atoms with Gasteiger partial charge in [0.25, 0.3) is 11.8 Å². The van der Waals surface area contributed by atoms with Gasteiger partial charge in [-0.1, -0.05) is 134 Å². The largest absolute Gasteiger partial charge is 0.478 e. The van der Waals surface area contributed by atoms with Crippen molar-refractivity contribution in [1.29, 1.82) is 0 Å². The van der Waals surface area contributed by atoms with Crippen LogP contribution in [-0.4, -0.2) is 116 Å². The Morgan fingerprint density at radius 3 is 1.27 bits per heavy atom. The zero-order valence-corrected chi connectivity index (χ0v) is 44.6. The van der Waals surface area contributed by atoms with Gasteiger partial charge < -0.3 is 29.1 Å². The van der Waals surface area contributed by atoms with Crippen molar-refractivity contribution in [3.8, 4) is 0 Å². The number of hydrogen-bond donors (Lipinski definition) is 1. The highest BCUT2D eigenvalue weighted by atomic mass is 32.2. The first-order valence-electron chi connectivity index (χ1n) is 24.7. The van der Waals surface area contributed by atoms with Crippen LogP contribution >= 0.6 is 0 Å². The second-order valence-corrected chi connectivity index (χ2v) is 25.0. The lowest BCUT2D eigenvalue weighted by atomic mass is 9.94. The highest BCUT2D eigenvalue weighted by Crippen LogP contribution is 2.51. The van der Waals surface area contributed by atoms with Crippen LogP contribution in [-0.2, 0) is 53.1 Å². The van der Waals surface area contributed by atoms with Crippen LogP contribution in [0.25, 0.3) is 12.2 Å². The number of nitrogens with zero attached hydrogens (tertiary/aromatic N) is 4. The van der Waals surface area contributed by atoms with E-state index in [-0.39, 0.29) is 40.3 Å². The van der Waals surface area contributed by atoms with Crippen molar-refractivity contribution in [1.82, 2.24) is 19.8 Å². The fourth-order valence-electron chi connectivity index (χ4n) is 10.0. The van der Waals surface area contributed by atoms with Crippen LogP contribution in [0, 0.1) is 0 Å². The highest BCUT2D eigenvalue weighted by molar-refractivity contribution is 7.94. The molecule has 0 spiro atoms. The molecule has 6 heterocycles. The summed E-state index contributed by atoms with van der Waals surface area (Å²) < 4.78 is 68.3. The summed E-state index contributed by atoms with van der Waals surface area (Å²) in [7, 11) is -8.12. The van der Waals surface area contributed by atoms with E-state index in [0.717, 1.165) is 9.80 Å². The first-order chi connectivity index (χ1) is 37.6. The maximum Gasteiger partial charge on any atom is 0.338 e. The number of carboxylic acids is 1. The molecule has 0 aliphatic carbocycles. The third kappa shape index (κ3) is 9.93. The van der Waals surface area contributed by atoms with Crippen LogP contribution in [0.1, 0.15) is 94.3 Å². The number of hydrogen-bond acceptors (Lipinski definition) is 15. The van der Waals surface area contributed by atoms with Crippen LogP contribution in [0.3, 0.4) is 0 Å². The van der Waals surface area contributed by atoms with Gasteiger partial charge in [-0.3, -0.25) is 19.6 Å². The molecule has 6 aromatic rings. The smallest absolute Gasteiger partial charge is 0.338 e. The van der Waals surface area contributed by atoms with E-state index in [9.17, 15) is 50.7 Å². The SMILES string of the molecule is C=CCOC(=O)c1ccnc(/C=C2/C(=O)N3[C@@H](C(=O)OC(c4ccccc4)c4ccccc4)C(C)(C)S(=O)(=O)[C@H]23)c1.CC1(C)[C@H](C(=O)OC(c2ccccc2)c2ccccc2)N2C(=O)/C(=C/c3cc(C(=O)O)ccn3)[C@H]2S1(=O)=O. The third-order valence-corrected chi connectivity index (χ3v) is 19.8. The number of β-lactam (4-membered cyclic amide) rings is 2. The van der Waals surface area contributed by atoms with Crippen molar-refractivity contribution in [3.63, 3.8) is 0 Å². The van der Waals surface area contributed by atoms with Gasteiger partial charge >= 0.3 is 23.9 Å². The van der Waals surface area contributed by atoms with Crippen molar-refractivity contribution < 1.29 is 64.9 Å². The van der Waals surface area contributed by atoms with E-state index in [0.29, 0.717) is 22.3 Å². The average molecular weight is 1110 g/mol. The molecule has 20 heteroatoms. The molecule has 4 atom stereocenters. The van der Waals surface area contributed by atoms with Gasteiger partial charge in [0.1, 0.15) is 16.1 Å². The zero-order valence-electron chi connectivity index (χ0n) is 43.0. The minimum atomic E-state index is -4.06. The number of sulfone groups is 2. The van der Waals surface area contributed by atoms with Crippen molar-refractivity contribution in [2.24, 2.45) is 0 Å². The molecule has 4 fully saturated rings. The fourth-order valence-corrected chi connectivity index (χ4v) is 14.3. The lowest BCUT2D eigenvalue weighted by Crippen LogP contribution is -2.59. The summed E-state index contributed by atoms with van der Waals surface area (Å²) in [5.74, 6) is -4.73. The molecule has 79 heavy (non-hydrogen) atoms. The maximum absolute atomic E-state index is 13.7. The molecular weight excluding hydrogens is 1050 g/mol. The molecule has 4 aliphatic heterocycles. The third-order valence-electron chi connectivity index (χ3n) is 14.2. The molecule has 1 N–H and O–H groups in total. The van der Waals surface area contributed by atoms with E-state index in [2.05, 4.69) is 16.5 Å². The average Bonchev–Trinajstić information content (AvgIpc) is 2.91. The quantitative estimate of drug-likeness (QED) is 0.0375. The number of pyridine rings is 2. The Morgan fingerprint density at radius 1 is 0.582 bits per heavy atom. The molecule has 0 bridgehead atoms. The van der Waals surface area contributed by atoms with E-state index in [4.69, 9.17) is 14.2 Å². The lowest BCUT2D eigenvalue weighted by molar-refractivity contribution is -0.160. The molecule has 4 saturated heterocycles. The van der Waals surface area contributed by atoms with E-state index in [1.54, 1.807) is 24.3 Å². The Bertz CT molecular complexity index is 3620. The number of aromatic nitrogens is 2. The van der Waals surface area contributed by atoms with Crippen molar-refractivity contribution in [3.05, 3.63) is 227 Å². The lowest BCUT2D eigenvalue weighted by Gasteiger charge is -2.38. The van der Waals surface area contributed by atoms with E-state index in [1.807, 2.05) is 97.1 Å². The number of esters is 3. The summed E-state index contributed by atoms with van der Waals surface area (Å²) in [4.78, 5) is 87.8. The van der Waals surface area contributed by atoms with Crippen LogP contribution < -0.4 is 0 Å². The summed E-state index contributed by atoms with van der Waals surface area (Å²) in [5.41, 5.74) is 3.13. The van der Waals surface area contributed by atoms with E-state index >= 15 is 0 Å². The molecule has 18 nitrogen and oxygen atoms in total. The Morgan fingerprint density at radius 2 is 0.924 bits per heavy atom. The summed E-state index contributed by atoms with van der Waals surface area (Å²) in [5, 5.41) is 6.51. The molecule has 0 radical (unpaired) electrons. The van der Waals surface area contributed by atoms with Crippen molar-refractivity contribution in [2.45, 2.75) is 72.2 Å². The van der Waals surface area contributed by atoms with Gasteiger partial charge in [0, 0.05) is 12.4 Å². The minimum Gasteiger partial charge on any atom is -0.478 e. The number of benzene rings is 4. The summed E-state index contributed by atoms with van der Waals surface area (Å²) in [6.45, 7) is 9.17. The molecule has 2 aromatic heterocycles. The number of fused-ring (bicyclic) bond motifs is 2. The van der Waals surface area contributed by atoms with Crippen molar-refractivity contribution in [2.75, 3.05) is 6.61 Å². The number of carbonyl (C=O) groups is 6. The first kappa shape index (κ1) is 54.9. The van der Waals surface area contributed by atoms with E-state index in [1.165, 1.54) is 82.6 Å². The number of carboxylic acid groups (broad SMARTS) is 1. The van der Waals surface area contributed by atoms with Crippen LogP contribution in [0.5, 0.6) is 0 Å². The van der Waals surface area contributed by atoms with Crippen molar-refractivity contribution >= 4 is 67.5 Å². The molecule has 4 aromatic carbocycles. The predicted molar refractivity (Wildman–Crippen MR) is 288 cm³/mol. The number of amides is 2. The fraction of sp³-hybridized carbons (Fsp3) is 0.220. The summed E-state index contributed by atoms with van der Waals surface area (Å²) in [6.07, 6.45) is 5.02. The predicted octanol–water partition coefficient (Wildman–Crippen LogP) is 7.12. The molecule has 0 unspecified atom stereocenters. The van der Waals surface area contributed by atoms with Gasteiger partial charge in [0.05, 0.1) is 33.7 Å². The first-order valence-corrected chi connectivity index (χ1v) is 27.8. The molecule has 0 saturated carbocycles. The Kier molecular flexibility index (Phi) is 14.9. The maximum atomic E-state index is 13.7. The minimum absolute atomic E-state index is 0.0211. The second kappa shape index (κ2) is 21.5. The van der Waals surface area contributed by atoms with Gasteiger partial charge in [0.15, 0.2) is 54.7 Å². The Hall–Kier alpha value is -8.88. The molecule has 404 valence electrons. The number of carbonyl (C=O) groups excluding carboxylic acids is 5. The van der Waals surface area contributed by atoms with Gasteiger partial charge in [0.2, 0.25) is 0 Å². The molecular formula is C59H52N4O14S2. The van der Waals surface area contributed by atoms with Gasteiger partial charge in [-0.2, -0.15) is 0 Å². The molecule has 2 amide bonds. The van der Waals surface area contributed by atoms with Crippen LogP contribution in [0.2, 0.25) is 0 Å². The molecule has 10 rings (SSSR count). The number of aromatic carboxylic acids is 1. The highest BCUT2D eigenvalue weighted by Gasteiger charge is 2.72. The van der Waals surface area contributed by atoms with Crippen LogP contribution in [0.4, 0.5) is 0 Å². The topological polar surface area (TPSA) is 251 Å². The summed E-state index contributed by atoms with van der Waals surface area (Å²) >= 11 is 0. The van der Waals surface area contributed by atoms with Crippen LogP contribution in [0.15, 0.2) is 182 Å². The Labute approximate surface area is 455 Å². The standard InChI is InChI=1S/C31H28N2O7S.C28H24N2O7S/c1-4-17-39-29(35)22-15-16-32-23(18-22)19-24-27(34)33-26(31(2,3)41(37,38)28(24)33)30(36)40-25(20-11-7-5-8-12-20)21-13-9-6-10-14-21;1-28(2)23(27(34)37-22(17-9-5-3-6-10-17)18-11-7-4-8-12-18)30-24(31)21(25(30)38(28,35)36)16-20-15-19(26(32)33)13-14-29-20/h4-16,18-19,25-26,28H,1,17H2,2-3H3;3-16,22-23,25H,1-2H3,(H,32,33)/b24-19-;21-16-/t26-,28+;23-,25+/m00/s1.